The zero-order valence-electron chi connectivity index (χ0n) is 36.2. The van der Waals surface area contributed by atoms with E-state index in [1.165, 1.54) is 58.4 Å². The van der Waals surface area contributed by atoms with E-state index >= 15 is 0 Å². The first kappa shape index (κ1) is 55.1. The van der Waals surface area contributed by atoms with Gasteiger partial charge in [0, 0.05) is 39.5 Å². The number of rotatable bonds is 37. The summed E-state index contributed by atoms with van der Waals surface area (Å²) in [6.45, 7) is 1.90. The molecule has 0 aromatic heterocycles. The minimum absolute atomic E-state index is 0.00635. The second kappa shape index (κ2) is 30.9. The van der Waals surface area contributed by atoms with Crippen LogP contribution in [0.15, 0.2) is 12.2 Å². The van der Waals surface area contributed by atoms with Crippen LogP contribution in [0.3, 0.4) is 0 Å². The number of carbonyl (C=O) groups excluding carboxylic acids is 3. The van der Waals surface area contributed by atoms with Crippen molar-refractivity contribution < 1.29 is 78.5 Å². The van der Waals surface area contributed by atoms with Crippen molar-refractivity contribution >= 4 is 36.1 Å². The third-order valence-corrected chi connectivity index (χ3v) is 11.5. The molecule has 2 aliphatic rings. The lowest BCUT2D eigenvalue weighted by Gasteiger charge is -2.38. The molecule has 2 aliphatic heterocycles. The summed E-state index contributed by atoms with van der Waals surface area (Å²) < 4.78 is 89.8. The number of fused-ring (bicyclic) bond motifs is 2. The summed E-state index contributed by atoms with van der Waals surface area (Å²) in [7, 11) is -8.91. The average Bonchev–Trinajstić information content (AvgIpc) is 3.49. The van der Waals surface area contributed by atoms with Gasteiger partial charge in [-0.1, -0.05) is 83.1 Å². The number of ether oxygens (including phenoxy) is 6. The highest BCUT2D eigenvalue weighted by Crippen LogP contribution is 2.46. The highest BCUT2D eigenvalue weighted by molar-refractivity contribution is 7.80. The summed E-state index contributed by atoms with van der Waals surface area (Å²) in [5.41, 5.74) is 11.0. The Bertz CT molecular complexity index is 1440. The topological polar surface area (TPSA) is 278 Å². The Labute approximate surface area is 362 Å². The van der Waals surface area contributed by atoms with Gasteiger partial charge in [0.1, 0.15) is 6.61 Å². The van der Waals surface area contributed by atoms with Crippen LogP contribution in [-0.4, -0.2) is 118 Å². The predicted octanol–water partition coefficient (Wildman–Crippen LogP) is 5.50. The van der Waals surface area contributed by atoms with Gasteiger partial charge >= 0.3 is 36.1 Å². The van der Waals surface area contributed by atoms with Crippen LogP contribution in [0.4, 0.5) is 0 Å². The molecule has 21 heteroatoms. The van der Waals surface area contributed by atoms with E-state index in [0.717, 1.165) is 70.6 Å². The van der Waals surface area contributed by atoms with E-state index < -0.39 is 60.8 Å². The van der Waals surface area contributed by atoms with Gasteiger partial charge < -0.3 is 44.8 Å². The number of unbranched alkanes of at least 4 members (excludes halogenated alkanes) is 14. The number of phosphoric acid groups is 1. The summed E-state index contributed by atoms with van der Waals surface area (Å²) >= 11 is 0. The minimum atomic E-state index is -4.49. The van der Waals surface area contributed by atoms with Gasteiger partial charge in [-0.2, -0.15) is 8.42 Å². The molecule has 2 saturated heterocycles. The molecule has 2 fully saturated rings. The molecule has 356 valence electrons. The van der Waals surface area contributed by atoms with Crippen molar-refractivity contribution in [3.8, 4) is 0 Å². The largest absolute Gasteiger partial charge is 0.472 e. The highest BCUT2D eigenvalue weighted by Gasteiger charge is 2.56. The van der Waals surface area contributed by atoms with E-state index in [0.29, 0.717) is 25.9 Å². The molecule has 3 unspecified atom stereocenters. The van der Waals surface area contributed by atoms with Gasteiger partial charge in [0.25, 0.3) is 0 Å². The van der Waals surface area contributed by atoms with Crippen LogP contribution < -0.4 is 11.5 Å². The van der Waals surface area contributed by atoms with Crippen LogP contribution >= 0.6 is 7.82 Å². The maximum atomic E-state index is 12.4. The van der Waals surface area contributed by atoms with E-state index in [9.17, 15) is 32.3 Å². The van der Waals surface area contributed by atoms with Crippen molar-refractivity contribution in [2.75, 3.05) is 46.2 Å². The van der Waals surface area contributed by atoms with Crippen molar-refractivity contribution in [3.63, 3.8) is 0 Å². The summed E-state index contributed by atoms with van der Waals surface area (Å²) in [6.07, 6.45) is 20.8. The molecule has 0 radical (unpaired) electrons. The molecule has 2 rings (SSSR count). The van der Waals surface area contributed by atoms with E-state index in [4.69, 9.17) is 49.0 Å². The molecule has 19 nitrogen and oxygen atoms in total. The predicted molar refractivity (Wildman–Crippen MR) is 223 cm³/mol. The normalized spacial score (nSPS) is 22.2. The maximum Gasteiger partial charge on any atom is 0.472 e. The van der Waals surface area contributed by atoms with E-state index in [1.54, 1.807) is 6.08 Å². The lowest BCUT2D eigenvalue weighted by atomic mass is 9.93. The molecule has 61 heavy (non-hydrogen) atoms. The highest BCUT2D eigenvalue weighted by atomic mass is 32.3. The fraction of sp³-hybridized carbons (Fsp3) is 0.875. The molecule has 0 aromatic rings. The third-order valence-electron chi connectivity index (χ3n) is 10.1. The van der Waals surface area contributed by atoms with Crippen LogP contribution in [-0.2, 0) is 71.0 Å². The maximum absolute atomic E-state index is 12.4. The molecule has 6 N–H and O–H groups in total. The van der Waals surface area contributed by atoms with Crippen LogP contribution in [0.2, 0.25) is 0 Å². The van der Waals surface area contributed by atoms with Crippen molar-refractivity contribution in [2.45, 2.75) is 179 Å². The average molecular weight is 917 g/mol. The first-order chi connectivity index (χ1) is 29.0. The monoisotopic (exact) mass is 916 g/mol. The Balaban J connectivity index is 1.60. The van der Waals surface area contributed by atoms with Crippen LogP contribution in [0.5, 0.6) is 0 Å². The summed E-state index contributed by atoms with van der Waals surface area (Å²) in [6, 6.07) is -0.618. The summed E-state index contributed by atoms with van der Waals surface area (Å²) in [5, 5.41) is 0. The second-order valence-electron chi connectivity index (χ2n) is 15.6. The molecule has 0 aromatic carbocycles. The number of nitrogens with two attached hydrogens (primary N) is 2. The zero-order valence-corrected chi connectivity index (χ0v) is 37.9. The Morgan fingerprint density at radius 1 is 0.820 bits per heavy atom. The van der Waals surface area contributed by atoms with Gasteiger partial charge in [-0.25, -0.2) is 13.5 Å². The Morgan fingerprint density at radius 2 is 1.46 bits per heavy atom. The third kappa shape index (κ3) is 26.3. The van der Waals surface area contributed by atoms with Gasteiger partial charge in [-0.15, -0.1) is 0 Å². The summed E-state index contributed by atoms with van der Waals surface area (Å²) in [5.74, 6) is -2.59. The van der Waals surface area contributed by atoms with Gasteiger partial charge in [-0.05, 0) is 44.9 Å². The minimum Gasteiger partial charge on any atom is -0.462 e. The molecule has 2 bridgehead atoms. The molecular weight excluding hydrogens is 843 g/mol. The number of hydrogen-bond donors (Lipinski definition) is 4. The van der Waals surface area contributed by atoms with Crippen molar-refractivity contribution in [3.05, 3.63) is 12.2 Å². The fourth-order valence-corrected chi connectivity index (χ4v) is 8.29. The number of hydrogen-bond acceptors (Lipinski definition) is 17. The zero-order chi connectivity index (χ0) is 45.0. The summed E-state index contributed by atoms with van der Waals surface area (Å²) in [4.78, 5) is 45.3. The second-order valence-corrected chi connectivity index (χ2v) is 18.2. The van der Waals surface area contributed by atoms with E-state index in [-0.39, 0.29) is 51.1 Å². The molecule has 0 saturated carbocycles. The Morgan fingerprint density at radius 3 is 2.08 bits per heavy atom. The molecule has 2 heterocycles. The van der Waals surface area contributed by atoms with Gasteiger partial charge in [0.15, 0.2) is 12.2 Å². The van der Waals surface area contributed by atoms with Crippen molar-refractivity contribution in [1.29, 1.82) is 0 Å². The number of allylic oxidation sites excluding steroid dienone is 1. The van der Waals surface area contributed by atoms with E-state index in [2.05, 4.69) is 8.71 Å². The molecule has 7 atom stereocenters. The van der Waals surface area contributed by atoms with Crippen LogP contribution in [0.1, 0.15) is 142 Å². The smallest absolute Gasteiger partial charge is 0.462 e. The first-order valence-corrected chi connectivity index (χ1v) is 24.7. The van der Waals surface area contributed by atoms with E-state index in [1.807, 2.05) is 0 Å². The lowest BCUT2D eigenvalue weighted by Crippen LogP contribution is -2.49. The quantitative estimate of drug-likeness (QED) is 0.0149. The van der Waals surface area contributed by atoms with Gasteiger partial charge in [0.2, 0.25) is 5.79 Å². The molecule has 0 amide bonds. The van der Waals surface area contributed by atoms with Crippen molar-refractivity contribution in [1.82, 2.24) is 0 Å². The van der Waals surface area contributed by atoms with Gasteiger partial charge in [-0.3, -0.25) is 23.2 Å². The van der Waals surface area contributed by atoms with Crippen molar-refractivity contribution in [2.24, 2.45) is 11.5 Å². The van der Waals surface area contributed by atoms with Gasteiger partial charge in [0.05, 0.1) is 44.7 Å². The number of esters is 3. The number of carbonyl (C=O) groups is 3. The fourth-order valence-electron chi connectivity index (χ4n) is 7.17. The molecule has 0 aliphatic carbocycles. The SMILES string of the molecule is CC(=O)OCC(COP(=O)(O)OCCN)OC(=O)/C=C/CCCCC[C@H]1O[C@@]2(CCCCCCCCCCCCCCOCC(N)COS(=O)(=O)O)O[C@H]1CC[C@@H]2OC(C)=O. The first-order valence-electron chi connectivity index (χ1n) is 21.8. The lowest BCUT2D eigenvalue weighted by molar-refractivity contribution is -0.260. The molecular formula is C40H73N2O17PS. The van der Waals surface area contributed by atoms with Crippen LogP contribution in [0, 0.1) is 0 Å². The standard InChI is InChI=1S/C40H73N2O17PS/c1-32(43)52-30-35(31-54-60(46,47)53-27-25-41)57-39(45)21-17-13-11-12-16-20-36-37-22-23-38(56-33(2)44)40(58-36,59-37)24-18-14-9-7-5-3-4-6-8-10-15-19-26-51-28-34(42)29-55-61(48,49)50/h17,21,34-38H,3-16,18-20,22-31,41-42H2,1-2H3,(H,46,47)(H,48,49,50)/b21-17+/t34?,35?,36-,37+,38+,40+/m1/s1. The molecule has 0 spiro atoms. The Hall–Kier alpha value is -2.07. The van der Waals surface area contributed by atoms with Crippen LogP contribution in [0.25, 0.3) is 0 Å². The number of phosphoric ester groups is 1. The Kier molecular flexibility index (Phi) is 27.9.